The monoisotopic (exact) mass is 223 g/mol. The topological polar surface area (TPSA) is 75.6 Å². The second kappa shape index (κ2) is 5.75. The third-order valence-electron chi connectivity index (χ3n) is 2.04. The van der Waals surface area contributed by atoms with E-state index in [-0.39, 0.29) is 18.7 Å². The number of Topliss-reactive ketones (excluding diaryl/α,β-unsaturated/α-hetero) is 1. The molecule has 0 aliphatic heterocycles. The summed E-state index contributed by atoms with van der Waals surface area (Å²) in [7, 11) is 1.55. The number of ketones is 1. The molecule has 0 saturated heterocycles. The molecule has 1 aromatic carbocycles. The van der Waals surface area contributed by atoms with Crippen LogP contribution < -0.4 is 10.1 Å². The largest absolute Gasteiger partial charge is 0.497 e. The Balaban J connectivity index is 2.49. The van der Waals surface area contributed by atoms with E-state index in [2.05, 4.69) is 5.32 Å². The summed E-state index contributed by atoms with van der Waals surface area (Å²) in [4.78, 5) is 21.7. The Bertz CT molecular complexity index is 372. The van der Waals surface area contributed by atoms with E-state index in [0.717, 1.165) is 0 Å². The number of methoxy groups -OCH3 is 1. The van der Waals surface area contributed by atoms with E-state index in [1.807, 2.05) is 0 Å². The van der Waals surface area contributed by atoms with Crippen LogP contribution in [0.4, 0.5) is 4.79 Å². The number of carboxylic acid groups (broad SMARTS) is 1. The number of carbonyl (C=O) groups excluding carboxylic acids is 1. The molecule has 0 aliphatic carbocycles. The van der Waals surface area contributed by atoms with Crippen molar-refractivity contribution in [2.75, 3.05) is 13.7 Å². The van der Waals surface area contributed by atoms with Gasteiger partial charge in [0.1, 0.15) is 5.75 Å². The van der Waals surface area contributed by atoms with Gasteiger partial charge in [0.05, 0.1) is 7.11 Å². The first kappa shape index (κ1) is 12.0. The maximum atomic E-state index is 11.6. The normalized spacial score (nSPS) is 9.56. The first-order valence-corrected chi connectivity index (χ1v) is 4.77. The highest BCUT2D eigenvalue weighted by atomic mass is 16.5. The molecule has 2 N–H and O–H groups in total. The Kier molecular flexibility index (Phi) is 4.32. The standard InChI is InChI=1S/C11H13NO4/c1-16-9-4-2-8(3-5-9)10(13)6-7-12-11(14)15/h2-5,12H,6-7H2,1H3,(H,14,15). The minimum absolute atomic E-state index is 0.101. The Morgan fingerprint density at radius 1 is 1.31 bits per heavy atom. The Morgan fingerprint density at radius 2 is 1.94 bits per heavy atom. The molecule has 0 radical (unpaired) electrons. The number of benzene rings is 1. The van der Waals surface area contributed by atoms with Gasteiger partial charge in [0.15, 0.2) is 5.78 Å². The molecule has 86 valence electrons. The summed E-state index contributed by atoms with van der Waals surface area (Å²) in [5, 5.41) is 10.5. The van der Waals surface area contributed by atoms with Crippen molar-refractivity contribution in [1.29, 1.82) is 0 Å². The maximum Gasteiger partial charge on any atom is 0.404 e. The van der Waals surface area contributed by atoms with Gasteiger partial charge in [-0.05, 0) is 24.3 Å². The summed E-state index contributed by atoms with van der Waals surface area (Å²) in [5.74, 6) is 0.580. The zero-order valence-corrected chi connectivity index (χ0v) is 8.90. The molecule has 5 nitrogen and oxygen atoms in total. The quantitative estimate of drug-likeness (QED) is 0.742. The van der Waals surface area contributed by atoms with Crippen LogP contribution in [0.5, 0.6) is 5.75 Å². The summed E-state index contributed by atoms with van der Waals surface area (Å²) in [6.45, 7) is 0.125. The van der Waals surface area contributed by atoms with E-state index >= 15 is 0 Å². The predicted molar refractivity (Wildman–Crippen MR) is 58.0 cm³/mol. The predicted octanol–water partition coefficient (Wildman–Crippen LogP) is 1.54. The fourth-order valence-electron chi connectivity index (χ4n) is 1.20. The van der Waals surface area contributed by atoms with Gasteiger partial charge >= 0.3 is 6.09 Å². The van der Waals surface area contributed by atoms with E-state index in [4.69, 9.17) is 9.84 Å². The molecule has 0 heterocycles. The van der Waals surface area contributed by atoms with Gasteiger partial charge in [-0.25, -0.2) is 4.79 Å². The lowest BCUT2D eigenvalue weighted by Crippen LogP contribution is -2.23. The van der Waals surface area contributed by atoms with Gasteiger partial charge in [-0.15, -0.1) is 0 Å². The van der Waals surface area contributed by atoms with Crippen LogP contribution in [0.1, 0.15) is 16.8 Å². The molecule has 0 atom stereocenters. The highest BCUT2D eigenvalue weighted by molar-refractivity contribution is 5.96. The zero-order valence-electron chi connectivity index (χ0n) is 8.90. The van der Waals surface area contributed by atoms with Crippen molar-refractivity contribution in [2.24, 2.45) is 0 Å². The summed E-state index contributed by atoms with van der Waals surface area (Å²) in [5.41, 5.74) is 0.549. The molecule has 0 unspecified atom stereocenters. The van der Waals surface area contributed by atoms with Crippen LogP contribution in [-0.4, -0.2) is 30.6 Å². The molecule has 0 aromatic heterocycles. The van der Waals surface area contributed by atoms with Gasteiger partial charge in [0.25, 0.3) is 0 Å². The number of hydrogen-bond acceptors (Lipinski definition) is 3. The average Bonchev–Trinajstić information content (AvgIpc) is 2.28. The summed E-state index contributed by atoms with van der Waals surface area (Å²) in [6.07, 6.45) is -0.971. The molecule has 1 aromatic rings. The smallest absolute Gasteiger partial charge is 0.404 e. The maximum absolute atomic E-state index is 11.6. The van der Waals surface area contributed by atoms with E-state index in [1.54, 1.807) is 31.4 Å². The third kappa shape index (κ3) is 3.61. The molecule has 0 aliphatic rings. The molecule has 0 spiro atoms. The van der Waals surface area contributed by atoms with Gasteiger partial charge in [0, 0.05) is 18.5 Å². The van der Waals surface area contributed by atoms with Crippen molar-refractivity contribution < 1.29 is 19.4 Å². The molecule has 16 heavy (non-hydrogen) atoms. The fourth-order valence-corrected chi connectivity index (χ4v) is 1.20. The van der Waals surface area contributed by atoms with Gasteiger partial charge in [-0.3, -0.25) is 4.79 Å². The van der Waals surface area contributed by atoms with Crippen molar-refractivity contribution >= 4 is 11.9 Å². The number of carbonyl (C=O) groups is 2. The van der Waals surface area contributed by atoms with E-state index in [1.165, 1.54) is 0 Å². The fraction of sp³-hybridized carbons (Fsp3) is 0.273. The lowest BCUT2D eigenvalue weighted by Gasteiger charge is -2.03. The summed E-state index contributed by atoms with van der Waals surface area (Å²) < 4.78 is 4.96. The van der Waals surface area contributed by atoms with E-state index < -0.39 is 6.09 Å². The molecule has 1 rings (SSSR count). The average molecular weight is 223 g/mol. The first-order chi connectivity index (χ1) is 7.63. The number of ether oxygens (including phenoxy) is 1. The van der Waals surface area contributed by atoms with Crippen molar-refractivity contribution in [1.82, 2.24) is 5.32 Å². The van der Waals surface area contributed by atoms with Crippen LogP contribution in [0.15, 0.2) is 24.3 Å². The lowest BCUT2D eigenvalue weighted by molar-refractivity contribution is 0.0983. The van der Waals surface area contributed by atoms with Gasteiger partial charge < -0.3 is 15.2 Å². The molecule has 1 amide bonds. The SMILES string of the molecule is COc1ccc(C(=O)CCNC(=O)O)cc1. The van der Waals surface area contributed by atoms with Crippen LogP contribution >= 0.6 is 0 Å². The minimum atomic E-state index is -1.12. The third-order valence-corrected chi connectivity index (χ3v) is 2.04. The van der Waals surface area contributed by atoms with Gasteiger partial charge in [-0.1, -0.05) is 0 Å². The highest BCUT2D eigenvalue weighted by Gasteiger charge is 2.06. The molecule has 0 saturated carbocycles. The highest BCUT2D eigenvalue weighted by Crippen LogP contribution is 2.12. The van der Waals surface area contributed by atoms with Crippen LogP contribution in [0, 0.1) is 0 Å². The van der Waals surface area contributed by atoms with Crippen molar-refractivity contribution in [3.8, 4) is 5.75 Å². The van der Waals surface area contributed by atoms with Crippen molar-refractivity contribution in [3.05, 3.63) is 29.8 Å². The van der Waals surface area contributed by atoms with Crippen molar-refractivity contribution in [3.63, 3.8) is 0 Å². The Morgan fingerprint density at radius 3 is 2.44 bits per heavy atom. The van der Waals surface area contributed by atoms with E-state index in [0.29, 0.717) is 11.3 Å². The first-order valence-electron chi connectivity index (χ1n) is 4.77. The molecular formula is C11H13NO4. The second-order valence-electron chi connectivity index (χ2n) is 3.13. The minimum Gasteiger partial charge on any atom is -0.497 e. The molecule has 0 bridgehead atoms. The van der Waals surface area contributed by atoms with Crippen LogP contribution in [0.2, 0.25) is 0 Å². The van der Waals surface area contributed by atoms with Crippen LogP contribution in [0.3, 0.4) is 0 Å². The van der Waals surface area contributed by atoms with Gasteiger partial charge in [0.2, 0.25) is 0 Å². The number of amides is 1. The summed E-state index contributed by atoms with van der Waals surface area (Å²) >= 11 is 0. The van der Waals surface area contributed by atoms with Crippen molar-refractivity contribution in [2.45, 2.75) is 6.42 Å². The summed E-state index contributed by atoms with van der Waals surface area (Å²) in [6, 6.07) is 6.69. The number of rotatable bonds is 5. The number of hydrogen-bond donors (Lipinski definition) is 2. The lowest BCUT2D eigenvalue weighted by atomic mass is 10.1. The van der Waals surface area contributed by atoms with E-state index in [9.17, 15) is 9.59 Å². The Hall–Kier alpha value is -2.04. The molecule has 5 heteroatoms. The van der Waals surface area contributed by atoms with Crippen LogP contribution in [-0.2, 0) is 0 Å². The second-order valence-corrected chi connectivity index (χ2v) is 3.13. The molecule has 0 fully saturated rings. The molecular weight excluding hydrogens is 210 g/mol. The van der Waals surface area contributed by atoms with Crippen LogP contribution in [0.25, 0.3) is 0 Å². The number of nitrogens with one attached hydrogen (secondary N) is 1. The van der Waals surface area contributed by atoms with Gasteiger partial charge in [-0.2, -0.15) is 0 Å². The zero-order chi connectivity index (χ0) is 12.0. The Labute approximate surface area is 93.0 Å².